The van der Waals surface area contributed by atoms with E-state index in [9.17, 15) is 0 Å². The second-order valence-corrected chi connectivity index (χ2v) is 10.3. The minimum atomic E-state index is -0.418. The first kappa shape index (κ1) is 24.5. The molecule has 0 amide bonds. The van der Waals surface area contributed by atoms with Crippen molar-refractivity contribution in [1.29, 1.82) is 0 Å². The number of pyridine rings is 2. The first-order valence-electron chi connectivity index (χ1n) is 13.1. The highest BCUT2D eigenvalue weighted by molar-refractivity contribution is 5.63. The Hall–Kier alpha value is -4.84. The van der Waals surface area contributed by atoms with Crippen molar-refractivity contribution in [2.24, 2.45) is 0 Å². The van der Waals surface area contributed by atoms with Gasteiger partial charge in [-0.2, -0.15) is 10.2 Å². The topological polar surface area (TPSA) is 61.4 Å². The van der Waals surface area contributed by atoms with Crippen molar-refractivity contribution in [2.45, 2.75) is 33.1 Å². The summed E-state index contributed by atoms with van der Waals surface area (Å²) in [5.41, 5.74) is 9.24. The molecule has 4 heterocycles. The van der Waals surface area contributed by atoms with Crippen molar-refractivity contribution in [3.8, 4) is 33.9 Å². The maximum Gasteiger partial charge on any atom is 0.0740 e. The molecule has 0 atom stereocenters. The molecule has 6 heteroatoms. The molecule has 0 aliphatic rings. The van der Waals surface area contributed by atoms with Crippen LogP contribution in [0.2, 0.25) is 0 Å². The van der Waals surface area contributed by atoms with Gasteiger partial charge in [0.25, 0.3) is 0 Å². The molecule has 0 spiro atoms. The van der Waals surface area contributed by atoms with Gasteiger partial charge in [0.2, 0.25) is 0 Å². The Labute approximate surface area is 228 Å². The molecule has 6 rings (SSSR count). The van der Waals surface area contributed by atoms with E-state index in [0.29, 0.717) is 0 Å². The van der Waals surface area contributed by atoms with Crippen LogP contribution in [-0.4, -0.2) is 29.5 Å². The lowest BCUT2D eigenvalue weighted by molar-refractivity contribution is 0.597. The summed E-state index contributed by atoms with van der Waals surface area (Å²) in [5, 5.41) is 9.48. The number of aryl methyl sites for hydroxylation is 2. The fourth-order valence-corrected chi connectivity index (χ4v) is 4.85. The Balaban J connectivity index is 1.34. The van der Waals surface area contributed by atoms with Crippen molar-refractivity contribution in [3.05, 3.63) is 132 Å². The lowest BCUT2D eigenvalue weighted by Gasteiger charge is -2.24. The molecule has 4 aromatic heterocycles. The zero-order valence-electron chi connectivity index (χ0n) is 22.6. The van der Waals surface area contributed by atoms with E-state index >= 15 is 0 Å². The Morgan fingerprint density at radius 2 is 0.923 bits per heavy atom. The van der Waals surface area contributed by atoms with E-state index in [1.165, 1.54) is 0 Å². The molecule has 39 heavy (non-hydrogen) atoms. The molecule has 0 N–H and O–H groups in total. The smallest absolute Gasteiger partial charge is 0.0740 e. The van der Waals surface area contributed by atoms with E-state index < -0.39 is 5.41 Å². The molecule has 0 saturated heterocycles. The summed E-state index contributed by atoms with van der Waals surface area (Å²) in [7, 11) is 0. The van der Waals surface area contributed by atoms with Crippen LogP contribution in [0.1, 0.15) is 36.6 Å². The average Bonchev–Trinajstić information content (AvgIpc) is 3.57. The molecule has 0 bridgehead atoms. The summed E-state index contributed by atoms with van der Waals surface area (Å²) in [5.74, 6) is 0. The fraction of sp³-hybridized carbons (Fsp3) is 0.152. The second-order valence-electron chi connectivity index (χ2n) is 10.3. The molecule has 192 valence electrons. The van der Waals surface area contributed by atoms with Crippen molar-refractivity contribution in [1.82, 2.24) is 29.5 Å². The maximum absolute atomic E-state index is 5.11. The van der Waals surface area contributed by atoms with Crippen molar-refractivity contribution >= 4 is 0 Å². The molecule has 6 nitrogen and oxygen atoms in total. The van der Waals surface area contributed by atoms with Crippen molar-refractivity contribution < 1.29 is 0 Å². The summed E-state index contributed by atoms with van der Waals surface area (Å²) in [4.78, 5) is 10.2. The van der Waals surface area contributed by atoms with Gasteiger partial charge in [-0.1, -0.05) is 48.5 Å². The van der Waals surface area contributed by atoms with Gasteiger partial charge in [-0.15, -0.1) is 0 Å². The monoisotopic (exact) mass is 510 g/mol. The summed E-state index contributed by atoms with van der Waals surface area (Å²) < 4.78 is 3.82. The predicted molar refractivity (Wildman–Crippen MR) is 155 cm³/mol. The SMILES string of the molecule is Cc1nn(-c2ccccc2)cc1-c1cccc(C(C)(C)c2cccc(-c3cn(-c4ccccc4)nc3C)n2)n1. The quantitative estimate of drug-likeness (QED) is 0.239. The van der Waals surface area contributed by atoms with Crippen molar-refractivity contribution in [3.63, 3.8) is 0 Å². The van der Waals surface area contributed by atoms with E-state index in [1.54, 1.807) is 0 Å². The third kappa shape index (κ3) is 4.66. The second kappa shape index (κ2) is 9.80. The van der Waals surface area contributed by atoms with Crippen LogP contribution in [-0.2, 0) is 5.41 Å². The first-order chi connectivity index (χ1) is 18.9. The molecule has 0 saturated carbocycles. The highest BCUT2D eigenvalue weighted by Crippen LogP contribution is 2.33. The third-order valence-corrected chi connectivity index (χ3v) is 7.17. The van der Waals surface area contributed by atoms with Gasteiger partial charge >= 0.3 is 0 Å². The van der Waals surface area contributed by atoms with Gasteiger partial charge in [-0.05, 0) is 76.2 Å². The summed E-state index contributed by atoms with van der Waals surface area (Å²) >= 11 is 0. The van der Waals surface area contributed by atoms with E-state index in [2.05, 4.69) is 50.5 Å². The van der Waals surface area contributed by atoms with Crippen LogP contribution in [0, 0.1) is 13.8 Å². The van der Waals surface area contributed by atoms with Crippen LogP contribution < -0.4 is 0 Å². The molecule has 0 aliphatic carbocycles. The number of aromatic nitrogens is 6. The van der Waals surface area contributed by atoms with Crippen LogP contribution in [0.4, 0.5) is 0 Å². The third-order valence-electron chi connectivity index (χ3n) is 7.17. The molecule has 2 aromatic carbocycles. The van der Waals surface area contributed by atoms with Crippen molar-refractivity contribution in [2.75, 3.05) is 0 Å². The van der Waals surface area contributed by atoms with Crippen LogP contribution in [0.25, 0.3) is 33.9 Å². The highest BCUT2D eigenvalue weighted by Gasteiger charge is 2.28. The summed E-state index contributed by atoms with van der Waals surface area (Å²) in [6.07, 6.45) is 4.10. The van der Waals surface area contributed by atoms with Gasteiger partial charge in [0.15, 0.2) is 0 Å². The van der Waals surface area contributed by atoms with E-state index in [4.69, 9.17) is 20.2 Å². The molecule has 0 aliphatic heterocycles. The average molecular weight is 511 g/mol. The molecular weight excluding hydrogens is 480 g/mol. The van der Waals surface area contributed by atoms with E-state index in [-0.39, 0.29) is 0 Å². The number of rotatable bonds is 6. The van der Waals surface area contributed by atoms with E-state index in [1.807, 2.05) is 96.0 Å². The van der Waals surface area contributed by atoms with Gasteiger partial charge in [-0.3, -0.25) is 9.97 Å². The van der Waals surface area contributed by atoms with Crippen LogP contribution in [0.15, 0.2) is 109 Å². The molecule has 6 aromatic rings. The maximum atomic E-state index is 5.11. The minimum Gasteiger partial charge on any atom is -0.252 e. The zero-order valence-corrected chi connectivity index (χ0v) is 22.6. The standard InChI is InChI=1S/C33H30N6/c1-23-27(21-38(36-23)25-13-7-5-8-14-25)29-17-11-19-31(34-29)33(3,4)32-20-12-18-30(35-32)28-22-39(37-24(28)2)26-15-9-6-10-16-26/h5-22H,1-4H3. The summed E-state index contributed by atoms with van der Waals surface area (Å²) in [6.45, 7) is 8.39. The number of benzene rings is 2. The number of hydrogen-bond donors (Lipinski definition) is 0. The normalized spacial score (nSPS) is 11.6. The predicted octanol–water partition coefficient (Wildman–Crippen LogP) is 7.12. The largest absolute Gasteiger partial charge is 0.252 e. The van der Waals surface area contributed by atoms with Gasteiger partial charge < -0.3 is 0 Å². The Bertz CT molecular complexity index is 1620. The van der Waals surface area contributed by atoms with Crippen LogP contribution in [0.5, 0.6) is 0 Å². The Morgan fingerprint density at radius 1 is 0.513 bits per heavy atom. The Morgan fingerprint density at radius 3 is 1.33 bits per heavy atom. The molecule has 0 unspecified atom stereocenters. The summed E-state index contributed by atoms with van der Waals surface area (Å²) in [6, 6.07) is 32.7. The number of para-hydroxylation sites is 2. The van der Waals surface area contributed by atoms with Crippen LogP contribution in [0.3, 0.4) is 0 Å². The highest BCUT2D eigenvalue weighted by atomic mass is 15.3. The van der Waals surface area contributed by atoms with Gasteiger partial charge in [0.1, 0.15) is 0 Å². The lowest BCUT2D eigenvalue weighted by atomic mass is 9.84. The minimum absolute atomic E-state index is 0.418. The first-order valence-corrected chi connectivity index (χ1v) is 13.1. The Kier molecular flexibility index (Phi) is 6.15. The van der Waals surface area contributed by atoms with Gasteiger partial charge in [-0.25, -0.2) is 9.36 Å². The lowest BCUT2D eigenvalue weighted by Crippen LogP contribution is -2.22. The van der Waals surface area contributed by atoms with Crippen LogP contribution >= 0.6 is 0 Å². The molecule has 0 fully saturated rings. The number of hydrogen-bond acceptors (Lipinski definition) is 4. The number of nitrogens with zero attached hydrogens (tertiary/aromatic N) is 6. The molecular formula is C33H30N6. The van der Waals surface area contributed by atoms with Gasteiger partial charge in [0.05, 0.1) is 45.5 Å². The fourth-order valence-electron chi connectivity index (χ4n) is 4.85. The zero-order chi connectivity index (χ0) is 27.0. The molecule has 0 radical (unpaired) electrons. The van der Waals surface area contributed by atoms with Gasteiger partial charge in [0, 0.05) is 28.9 Å². The van der Waals surface area contributed by atoms with E-state index in [0.717, 1.165) is 56.7 Å².